The Kier molecular flexibility index (Phi) is 8.44. The Labute approximate surface area is 287 Å². The predicted molar refractivity (Wildman–Crippen MR) is 188 cm³/mol. The van der Waals surface area contributed by atoms with E-state index in [9.17, 15) is 9.90 Å². The van der Waals surface area contributed by atoms with Crippen molar-refractivity contribution in [3.05, 3.63) is 53.7 Å². The Balaban J connectivity index is 1.03. The zero-order valence-corrected chi connectivity index (χ0v) is 28.9. The van der Waals surface area contributed by atoms with E-state index < -0.39 is 11.7 Å². The highest BCUT2D eigenvalue weighted by molar-refractivity contribution is 6.05. The first-order valence-electron chi connectivity index (χ1n) is 18.0. The van der Waals surface area contributed by atoms with E-state index in [1.807, 2.05) is 6.07 Å². The molecule has 4 aromatic rings. The number of likely N-dealkylation sites (tertiary alicyclic amines) is 2. The molecule has 3 saturated heterocycles. The molecule has 8 rings (SSSR count). The van der Waals surface area contributed by atoms with Gasteiger partial charge in [-0.1, -0.05) is 0 Å². The van der Waals surface area contributed by atoms with Gasteiger partial charge in [-0.2, -0.15) is 5.10 Å². The number of aliphatic hydroxyl groups excluding tert-OH is 1. The van der Waals surface area contributed by atoms with Crippen LogP contribution in [0.5, 0.6) is 0 Å². The van der Waals surface area contributed by atoms with Gasteiger partial charge in [-0.25, -0.2) is 14.4 Å². The zero-order chi connectivity index (χ0) is 33.9. The standard InChI is InChI=1S/C37H48FN9O2/c1-24-18-30(33(38)34(40-24)25-20-39-44(3)21-25)35(49)42-36-41-31-9-6-28(19-32(31)47(36)27-4-7-29(48)8-5-27)45-14-10-26(11-15-45)46-16-12-37(13-17-46)22-43(2)23-37/h6,9,18-21,26-27,29,48H,4-5,7-8,10-17,22-23H2,1-3H3,(H,41,42,49)/t27-,29+. The van der Waals surface area contributed by atoms with E-state index in [2.05, 4.69) is 53.8 Å². The van der Waals surface area contributed by atoms with Crippen LogP contribution in [0.4, 0.5) is 16.0 Å². The Bertz CT molecular complexity index is 1840. The van der Waals surface area contributed by atoms with E-state index in [0.29, 0.717) is 41.5 Å². The summed E-state index contributed by atoms with van der Waals surface area (Å²) in [5.74, 6) is -0.865. The Morgan fingerprint density at radius 3 is 2.37 bits per heavy atom. The molecule has 12 heteroatoms. The third-order valence-electron chi connectivity index (χ3n) is 11.7. The molecule has 1 amide bonds. The molecule has 49 heavy (non-hydrogen) atoms. The van der Waals surface area contributed by atoms with Gasteiger partial charge in [0.05, 0.1) is 28.9 Å². The molecule has 3 aromatic heterocycles. The van der Waals surface area contributed by atoms with E-state index in [1.165, 1.54) is 45.1 Å². The molecule has 6 heterocycles. The molecule has 11 nitrogen and oxygen atoms in total. The highest BCUT2D eigenvalue weighted by Gasteiger charge is 2.44. The van der Waals surface area contributed by atoms with Crippen molar-refractivity contribution in [3.8, 4) is 11.3 Å². The van der Waals surface area contributed by atoms with Crippen molar-refractivity contribution in [2.45, 2.75) is 76.5 Å². The number of fused-ring (bicyclic) bond motifs is 1. The van der Waals surface area contributed by atoms with E-state index >= 15 is 4.39 Å². The normalized spacial score (nSPS) is 23.7. The summed E-state index contributed by atoms with van der Waals surface area (Å²) in [6.45, 7) is 8.74. The van der Waals surface area contributed by atoms with Gasteiger partial charge in [0.15, 0.2) is 5.82 Å². The molecule has 0 unspecified atom stereocenters. The Morgan fingerprint density at radius 2 is 1.69 bits per heavy atom. The third-order valence-corrected chi connectivity index (χ3v) is 11.7. The number of halogens is 1. The van der Waals surface area contributed by atoms with E-state index in [4.69, 9.17) is 4.98 Å². The minimum absolute atomic E-state index is 0.0533. The molecule has 0 atom stereocenters. The van der Waals surface area contributed by atoms with Crippen LogP contribution >= 0.6 is 0 Å². The van der Waals surface area contributed by atoms with Gasteiger partial charge in [0.1, 0.15) is 5.69 Å². The number of aliphatic hydroxyl groups is 1. The summed E-state index contributed by atoms with van der Waals surface area (Å²) in [7, 11) is 3.99. The number of nitrogens with one attached hydrogen (secondary N) is 1. The van der Waals surface area contributed by atoms with Crippen LogP contribution < -0.4 is 10.2 Å². The highest BCUT2D eigenvalue weighted by atomic mass is 19.1. The molecule has 1 aliphatic carbocycles. The number of benzene rings is 1. The molecule has 2 N–H and O–H groups in total. The van der Waals surface area contributed by atoms with Crippen LogP contribution in [0.1, 0.15) is 73.5 Å². The number of anilines is 2. The molecule has 3 aliphatic heterocycles. The SMILES string of the molecule is Cc1cc(C(=O)Nc2nc3ccc(N4CCC(N5CCC6(CC5)CN(C)C6)CC4)cc3n2[C@H]2CC[C@@H](O)CC2)c(F)c(-c2cnn(C)c2)n1. The van der Waals surface area contributed by atoms with Crippen molar-refractivity contribution in [2.75, 3.05) is 56.5 Å². The van der Waals surface area contributed by atoms with Crippen molar-refractivity contribution in [2.24, 2.45) is 12.5 Å². The number of amides is 1. The summed E-state index contributed by atoms with van der Waals surface area (Å²) < 4.78 is 19.5. The van der Waals surface area contributed by atoms with Crippen LogP contribution in [0.3, 0.4) is 0 Å². The number of hydrogen-bond acceptors (Lipinski definition) is 8. The second kappa shape index (κ2) is 12.8. The lowest BCUT2D eigenvalue weighted by Gasteiger charge is -2.54. The zero-order valence-electron chi connectivity index (χ0n) is 28.9. The number of carbonyl (C=O) groups is 1. The van der Waals surface area contributed by atoms with Crippen LogP contribution in [-0.2, 0) is 7.05 Å². The number of rotatable bonds is 6. The maximum absolute atomic E-state index is 15.9. The molecule has 4 fully saturated rings. The fourth-order valence-electron chi connectivity index (χ4n) is 9.05. The van der Waals surface area contributed by atoms with Gasteiger partial charge >= 0.3 is 0 Å². The van der Waals surface area contributed by atoms with Crippen LogP contribution in [0, 0.1) is 18.2 Å². The summed E-state index contributed by atoms with van der Waals surface area (Å²) in [5.41, 5.74) is 4.52. The van der Waals surface area contributed by atoms with Gasteiger partial charge < -0.3 is 24.4 Å². The number of imidazole rings is 1. The molecule has 0 bridgehead atoms. The topological polar surface area (TPSA) is 108 Å². The number of aromatic nitrogens is 5. The van der Waals surface area contributed by atoms with E-state index in [-0.39, 0.29) is 23.4 Å². The maximum Gasteiger partial charge on any atom is 0.261 e. The lowest BCUT2D eigenvalue weighted by Crippen LogP contribution is -2.60. The van der Waals surface area contributed by atoms with E-state index in [1.54, 1.807) is 31.0 Å². The molecule has 260 valence electrons. The molecular formula is C37H48FN9O2. The van der Waals surface area contributed by atoms with Gasteiger partial charge in [-0.3, -0.25) is 14.8 Å². The van der Waals surface area contributed by atoms with Crippen LogP contribution in [0.15, 0.2) is 36.7 Å². The lowest BCUT2D eigenvalue weighted by atomic mass is 9.72. The number of nitrogens with zero attached hydrogens (tertiary/aromatic N) is 8. The van der Waals surface area contributed by atoms with Crippen molar-refractivity contribution in [1.29, 1.82) is 0 Å². The first-order valence-corrected chi connectivity index (χ1v) is 18.0. The quantitative estimate of drug-likeness (QED) is 0.296. The molecule has 0 radical (unpaired) electrons. The monoisotopic (exact) mass is 669 g/mol. The van der Waals surface area contributed by atoms with Gasteiger partial charge in [0.2, 0.25) is 5.95 Å². The number of aryl methyl sites for hydroxylation is 2. The second-order valence-electron chi connectivity index (χ2n) is 15.2. The molecular weight excluding hydrogens is 621 g/mol. The number of hydrogen-bond donors (Lipinski definition) is 2. The first-order chi connectivity index (χ1) is 23.6. The van der Waals surface area contributed by atoms with Gasteiger partial charge in [0, 0.05) is 68.5 Å². The molecule has 4 aliphatic rings. The van der Waals surface area contributed by atoms with Gasteiger partial charge in [0.25, 0.3) is 5.91 Å². The largest absolute Gasteiger partial charge is 0.393 e. The maximum atomic E-state index is 15.9. The number of pyridine rings is 1. The minimum atomic E-state index is -0.690. The smallest absolute Gasteiger partial charge is 0.261 e. The van der Waals surface area contributed by atoms with Gasteiger partial charge in [-0.05, 0) is 108 Å². The van der Waals surface area contributed by atoms with Crippen molar-refractivity contribution in [3.63, 3.8) is 0 Å². The molecule has 1 saturated carbocycles. The third kappa shape index (κ3) is 6.23. The molecule has 1 spiro atoms. The first kappa shape index (κ1) is 32.3. The summed E-state index contributed by atoms with van der Waals surface area (Å²) in [6.07, 6.45) is 10.8. The van der Waals surface area contributed by atoms with Crippen LogP contribution in [-0.4, -0.2) is 104 Å². The summed E-state index contributed by atoms with van der Waals surface area (Å²) in [6, 6.07) is 8.56. The minimum Gasteiger partial charge on any atom is -0.393 e. The van der Waals surface area contributed by atoms with Crippen LogP contribution in [0.2, 0.25) is 0 Å². The van der Waals surface area contributed by atoms with Crippen molar-refractivity contribution >= 4 is 28.6 Å². The van der Waals surface area contributed by atoms with Crippen molar-refractivity contribution < 1.29 is 14.3 Å². The van der Waals surface area contributed by atoms with E-state index in [0.717, 1.165) is 55.5 Å². The summed E-state index contributed by atoms with van der Waals surface area (Å²) in [4.78, 5) is 30.7. The lowest BCUT2D eigenvalue weighted by molar-refractivity contribution is -0.0419. The van der Waals surface area contributed by atoms with Crippen molar-refractivity contribution in [1.82, 2.24) is 34.1 Å². The summed E-state index contributed by atoms with van der Waals surface area (Å²) >= 11 is 0. The highest BCUT2D eigenvalue weighted by Crippen LogP contribution is 2.41. The predicted octanol–water partition coefficient (Wildman–Crippen LogP) is 5.00. The second-order valence-corrected chi connectivity index (χ2v) is 15.2. The summed E-state index contributed by atoms with van der Waals surface area (Å²) in [5, 5.41) is 17.4. The average molecular weight is 670 g/mol. The molecule has 1 aromatic carbocycles. The fourth-order valence-corrected chi connectivity index (χ4v) is 9.05. The number of piperidine rings is 2. The Hall–Kier alpha value is -3.87. The van der Waals surface area contributed by atoms with Crippen LogP contribution in [0.25, 0.3) is 22.3 Å². The Morgan fingerprint density at radius 1 is 0.959 bits per heavy atom. The fraction of sp³-hybridized carbons (Fsp3) is 0.568. The number of carbonyl (C=O) groups excluding carboxylic acids is 1. The average Bonchev–Trinajstić information content (AvgIpc) is 3.68. The van der Waals surface area contributed by atoms with Gasteiger partial charge in [-0.15, -0.1) is 0 Å².